The smallest absolute Gasteiger partial charge is 0.326 e. The van der Waals surface area contributed by atoms with Crippen molar-refractivity contribution in [2.45, 2.75) is 38.0 Å². The molecule has 7 heteroatoms. The van der Waals surface area contributed by atoms with Crippen LogP contribution in [0.25, 0.3) is 0 Å². The second kappa shape index (κ2) is 6.55. The predicted octanol–water partition coefficient (Wildman–Crippen LogP) is -0.359. The van der Waals surface area contributed by atoms with Crippen LogP contribution in [0.15, 0.2) is 0 Å². The second-order valence-corrected chi connectivity index (χ2v) is 4.41. The number of rotatable bonds is 5. The number of carbonyl (C=O) groups excluding carboxylic acids is 1. The molecule has 18 heavy (non-hydrogen) atoms. The predicted molar refractivity (Wildman–Crippen MR) is 63.2 cm³/mol. The van der Waals surface area contributed by atoms with E-state index in [0.717, 1.165) is 4.90 Å². The van der Waals surface area contributed by atoms with E-state index in [-0.39, 0.29) is 19.0 Å². The fraction of sp³-hybridized carbons (Fsp3) is 0.818. The molecule has 1 unspecified atom stereocenters. The van der Waals surface area contributed by atoms with Crippen molar-refractivity contribution in [2.75, 3.05) is 20.3 Å². The summed E-state index contributed by atoms with van der Waals surface area (Å²) in [6, 6.07) is -1.59. The molecule has 1 rings (SSSR count). The van der Waals surface area contributed by atoms with E-state index in [1.807, 2.05) is 6.92 Å². The van der Waals surface area contributed by atoms with Crippen molar-refractivity contribution in [1.82, 2.24) is 10.2 Å². The van der Waals surface area contributed by atoms with Crippen LogP contribution in [0.5, 0.6) is 0 Å². The summed E-state index contributed by atoms with van der Waals surface area (Å²) >= 11 is 0. The molecule has 1 fully saturated rings. The number of likely N-dealkylation sites (tertiary alicyclic amines) is 1. The maximum Gasteiger partial charge on any atom is 0.326 e. The van der Waals surface area contributed by atoms with E-state index in [1.165, 1.54) is 7.11 Å². The number of amides is 2. The highest BCUT2D eigenvalue weighted by Crippen LogP contribution is 2.18. The van der Waals surface area contributed by atoms with Gasteiger partial charge in [0.15, 0.2) is 0 Å². The minimum atomic E-state index is -1.10. The van der Waals surface area contributed by atoms with Gasteiger partial charge in [-0.1, -0.05) is 6.92 Å². The van der Waals surface area contributed by atoms with Gasteiger partial charge in [0, 0.05) is 20.1 Å². The van der Waals surface area contributed by atoms with Crippen LogP contribution in [0.3, 0.4) is 0 Å². The van der Waals surface area contributed by atoms with Gasteiger partial charge in [-0.2, -0.15) is 0 Å². The van der Waals surface area contributed by atoms with Crippen LogP contribution in [0.2, 0.25) is 0 Å². The molecule has 3 atom stereocenters. The molecule has 1 aliphatic rings. The molecule has 3 N–H and O–H groups in total. The lowest BCUT2D eigenvalue weighted by Gasteiger charge is -2.25. The third-order valence-corrected chi connectivity index (χ3v) is 3.01. The van der Waals surface area contributed by atoms with Gasteiger partial charge in [0.1, 0.15) is 6.04 Å². The van der Waals surface area contributed by atoms with Crippen molar-refractivity contribution >= 4 is 12.0 Å². The highest BCUT2D eigenvalue weighted by molar-refractivity contribution is 5.83. The fourth-order valence-electron chi connectivity index (χ4n) is 1.99. The molecule has 0 bridgehead atoms. The number of β-amino-alcohol motifs (C(OH)–C–C–N with tert-alkyl or cyclic N) is 1. The minimum absolute atomic E-state index is 0.0478. The van der Waals surface area contributed by atoms with Gasteiger partial charge in [-0.15, -0.1) is 0 Å². The number of aliphatic carboxylic acids is 1. The fourth-order valence-corrected chi connectivity index (χ4v) is 1.99. The summed E-state index contributed by atoms with van der Waals surface area (Å²) < 4.78 is 4.95. The number of carbonyl (C=O) groups is 2. The Morgan fingerprint density at radius 2 is 2.22 bits per heavy atom. The second-order valence-electron chi connectivity index (χ2n) is 4.41. The molecule has 0 aliphatic carbocycles. The summed E-state index contributed by atoms with van der Waals surface area (Å²) in [7, 11) is 1.54. The molecule has 1 aliphatic heterocycles. The van der Waals surface area contributed by atoms with Gasteiger partial charge in [-0.25, -0.2) is 9.59 Å². The van der Waals surface area contributed by atoms with Gasteiger partial charge in [0.25, 0.3) is 0 Å². The first kappa shape index (κ1) is 14.7. The van der Waals surface area contributed by atoms with E-state index >= 15 is 0 Å². The molecule has 104 valence electrons. The number of nitrogens with one attached hydrogen (secondary N) is 1. The SMILES string of the molecule is CCC(COC)NC(=O)N1C[C@H](O)C[C@H]1C(=O)O. The van der Waals surface area contributed by atoms with Crippen LogP contribution in [0.1, 0.15) is 19.8 Å². The third-order valence-electron chi connectivity index (χ3n) is 3.01. The molecule has 1 heterocycles. The van der Waals surface area contributed by atoms with Crippen molar-refractivity contribution in [3.8, 4) is 0 Å². The number of hydrogen-bond acceptors (Lipinski definition) is 4. The zero-order valence-corrected chi connectivity index (χ0v) is 10.6. The molecule has 1 saturated heterocycles. The Hall–Kier alpha value is -1.34. The molecule has 0 saturated carbocycles. The number of aliphatic hydroxyl groups is 1. The number of carboxylic acid groups (broad SMARTS) is 1. The van der Waals surface area contributed by atoms with Crippen LogP contribution in [-0.4, -0.2) is 65.6 Å². The highest BCUT2D eigenvalue weighted by atomic mass is 16.5. The van der Waals surface area contributed by atoms with Gasteiger partial charge in [0.05, 0.1) is 18.8 Å². The van der Waals surface area contributed by atoms with Crippen molar-refractivity contribution < 1.29 is 24.5 Å². The minimum Gasteiger partial charge on any atom is -0.480 e. The molecular weight excluding hydrogens is 240 g/mol. The van der Waals surface area contributed by atoms with E-state index in [0.29, 0.717) is 13.0 Å². The summed E-state index contributed by atoms with van der Waals surface area (Å²) in [6.07, 6.45) is -0.0169. The molecule has 0 aromatic heterocycles. The summed E-state index contributed by atoms with van der Waals surface area (Å²) in [5.41, 5.74) is 0. The van der Waals surface area contributed by atoms with Gasteiger partial charge in [-0.05, 0) is 6.42 Å². The number of hydrogen-bond donors (Lipinski definition) is 3. The molecule has 2 amide bonds. The van der Waals surface area contributed by atoms with Crippen molar-refractivity contribution in [3.05, 3.63) is 0 Å². The lowest BCUT2D eigenvalue weighted by Crippen LogP contribution is -2.50. The zero-order chi connectivity index (χ0) is 13.7. The first-order valence-electron chi connectivity index (χ1n) is 5.96. The molecule has 0 aromatic rings. The molecule has 7 nitrogen and oxygen atoms in total. The van der Waals surface area contributed by atoms with Crippen LogP contribution >= 0.6 is 0 Å². The van der Waals surface area contributed by atoms with Gasteiger partial charge < -0.3 is 25.2 Å². The Balaban J connectivity index is 2.61. The lowest BCUT2D eigenvalue weighted by atomic mass is 10.2. The van der Waals surface area contributed by atoms with E-state index in [2.05, 4.69) is 5.32 Å². The Bertz CT molecular complexity index is 310. The largest absolute Gasteiger partial charge is 0.480 e. The Morgan fingerprint density at radius 3 is 2.72 bits per heavy atom. The number of urea groups is 1. The van der Waals surface area contributed by atoms with Crippen molar-refractivity contribution in [1.29, 1.82) is 0 Å². The van der Waals surface area contributed by atoms with Crippen LogP contribution in [-0.2, 0) is 9.53 Å². The topological polar surface area (TPSA) is 99.1 Å². The highest BCUT2D eigenvalue weighted by Gasteiger charge is 2.39. The number of ether oxygens (including phenoxy) is 1. The number of nitrogens with zero attached hydrogens (tertiary/aromatic N) is 1. The van der Waals surface area contributed by atoms with Crippen LogP contribution < -0.4 is 5.32 Å². The number of methoxy groups -OCH3 is 1. The monoisotopic (exact) mass is 260 g/mol. The average molecular weight is 260 g/mol. The molecule has 0 radical (unpaired) electrons. The Labute approximate surface area is 106 Å². The summed E-state index contributed by atoms with van der Waals surface area (Å²) in [6.45, 7) is 2.32. The normalized spacial score (nSPS) is 24.9. The van der Waals surface area contributed by atoms with E-state index < -0.39 is 24.1 Å². The van der Waals surface area contributed by atoms with Crippen molar-refractivity contribution in [3.63, 3.8) is 0 Å². The lowest BCUT2D eigenvalue weighted by molar-refractivity contribution is -0.141. The third kappa shape index (κ3) is 3.58. The van der Waals surface area contributed by atoms with E-state index in [9.17, 15) is 14.7 Å². The Kier molecular flexibility index (Phi) is 5.36. The van der Waals surface area contributed by atoms with E-state index in [1.54, 1.807) is 0 Å². The van der Waals surface area contributed by atoms with Crippen molar-refractivity contribution in [2.24, 2.45) is 0 Å². The zero-order valence-electron chi connectivity index (χ0n) is 10.6. The van der Waals surface area contributed by atoms with Crippen LogP contribution in [0.4, 0.5) is 4.79 Å². The number of carboxylic acids is 1. The average Bonchev–Trinajstić information content (AvgIpc) is 2.71. The molecule has 0 aromatic carbocycles. The standard InChI is InChI=1S/C11H20N2O5/c1-3-7(6-18-2)12-11(17)13-5-8(14)4-9(13)10(15)16/h7-9,14H,3-6H2,1-2H3,(H,12,17)(H,15,16)/t7?,8-,9+/m1/s1. The summed E-state index contributed by atoms with van der Waals surface area (Å²) in [5, 5.41) is 21.1. The van der Waals surface area contributed by atoms with Gasteiger partial charge in [0.2, 0.25) is 0 Å². The first-order chi connectivity index (χ1) is 8.49. The van der Waals surface area contributed by atoms with Gasteiger partial charge in [-0.3, -0.25) is 0 Å². The van der Waals surface area contributed by atoms with Gasteiger partial charge >= 0.3 is 12.0 Å². The quantitative estimate of drug-likeness (QED) is 0.627. The summed E-state index contributed by atoms with van der Waals surface area (Å²) in [5.74, 6) is -1.10. The number of aliphatic hydroxyl groups excluding tert-OH is 1. The maximum absolute atomic E-state index is 11.9. The Morgan fingerprint density at radius 1 is 1.56 bits per heavy atom. The van der Waals surface area contributed by atoms with Crippen LogP contribution in [0, 0.1) is 0 Å². The van der Waals surface area contributed by atoms with E-state index in [4.69, 9.17) is 9.84 Å². The molecule has 0 spiro atoms. The first-order valence-corrected chi connectivity index (χ1v) is 5.96. The maximum atomic E-state index is 11.9. The summed E-state index contributed by atoms with van der Waals surface area (Å²) in [4.78, 5) is 24.1. The molecular formula is C11H20N2O5.